The monoisotopic (exact) mass is 245 g/mol. The molecule has 0 aromatic carbocycles. The van der Waals surface area contributed by atoms with Gasteiger partial charge in [-0.1, -0.05) is 19.9 Å². The van der Waals surface area contributed by atoms with Crippen LogP contribution in [0.5, 0.6) is 0 Å². The highest BCUT2D eigenvalue weighted by Gasteiger charge is 2.30. The van der Waals surface area contributed by atoms with Gasteiger partial charge in [0.1, 0.15) is 5.69 Å². The summed E-state index contributed by atoms with van der Waals surface area (Å²) in [7, 11) is 0. The van der Waals surface area contributed by atoms with Gasteiger partial charge in [-0.15, -0.1) is 0 Å². The quantitative estimate of drug-likeness (QED) is 0.738. The maximum atomic E-state index is 12.5. The second kappa shape index (κ2) is 5.21. The number of aryl methyl sites for hydroxylation is 2. The molecule has 1 heterocycles. The predicted octanol–water partition coefficient (Wildman–Crippen LogP) is 3.95. The summed E-state index contributed by atoms with van der Waals surface area (Å²) in [5, 5.41) is 0. The first-order valence-electron chi connectivity index (χ1n) is 6.96. The number of hydrogen-bond donors (Lipinski definition) is 0. The van der Waals surface area contributed by atoms with E-state index in [1.165, 1.54) is 6.42 Å². The van der Waals surface area contributed by atoms with Gasteiger partial charge in [0.25, 0.3) is 0 Å². The number of aromatic nitrogens is 1. The summed E-state index contributed by atoms with van der Waals surface area (Å²) < 4.78 is 0. The molecule has 0 bridgehead atoms. The first kappa shape index (κ1) is 13.3. The highest BCUT2D eigenvalue weighted by molar-refractivity contribution is 5.97. The van der Waals surface area contributed by atoms with Gasteiger partial charge in [-0.25, -0.2) is 0 Å². The van der Waals surface area contributed by atoms with Gasteiger partial charge in [0.15, 0.2) is 5.78 Å². The second-order valence-corrected chi connectivity index (χ2v) is 6.01. The lowest BCUT2D eigenvalue weighted by molar-refractivity contribution is 0.0831. The molecular weight excluding hydrogens is 222 g/mol. The normalized spacial score (nSPS) is 28.1. The van der Waals surface area contributed by atoms with Crippen molar-refractivity contribution < 1.29 is 4.79 Å². The fourth-order valence-corrected chi connectivity index (χ4v) is 2.95. The van der Waals surface area contributed by atoms with E-state index in [2.05, 4.69) is 24.9 Å². The van der Waals surface area contributed by atoms with E-state index in [-0.39, 0.29) is 11.7 Å². The van der Waals surface area contributed by atoms with Crippen molar-refractivity contribution in [2.24, 2.45) is 17.8 Å². The van der Waals surface area contributed by atoms with Crippen molar-refractivity contribution in [3.63, 3.8) is 0 Å². The molecule has 1 aliphatic carbocycles. The molecule has 0 radical (unpaired) electrons. The fourth-order valence-electron chi connectivity index (χ4n) is 2.95. The third-order valence-corrected chi connectivity index (χ3v) is 4.42. The van der Waals surface area contributed by atoms with E-state index in [9.17, 15) is 4.79 Å². The second-order valence-electron chi connectivity index (χ2n) is 6.01. The molecule has 0 spiro atoms. The van der Waals surface area contributed by atoms with Gasteiger partial charge in [0.05, 0.1) is 0 Å². The zero-order valence-corrected chi connectivity index (χ0v) is 11.9. The minimum atomic E-state index is 0.185. The van der Waals surface area contributed by atoms with Crippen LogP contribution in [0.15, 0.2) is 12.3 Å². The van der Waals surface area contributed by atoms with Crippen LogP contribution in [0.2, 0.25) is 0 Å². The number of hydrogen-bond acceptors (Lipinski definition) is 2. The van der Waals surface area contributed by atoms with Crippen molar-refractivity contribution >= 4 is 5.78 Å². The largest absolute Gasteiger partial charge is 0.292 e. The Morgan fingerprint density at radius 2 is 1.94 bits per heavy atom. The van der Waals surface area contributed by atoms with Crippen LogP contribution in [0.3, 0.4) is 0 Å². The van der Waals surface area contributed by atoms with Crippen LogP contribution < -0.4 is 0 Å². The molecule has 1 fully saturated rings. The summed E-state index contributed by atoms with van der Waals surface area (Å²) in [6.07, 6.45) is 5.02. The molecule has 0 N–H and O–H groups in total. The van der Waals surface area contributed by atoms with Crippen LogP contribution in [0.1, 0.15) is 54.7 Å². The van der Waals surface area contributed by atoms with Crippen LogP contribution in [0.25, 0.3) is 0 Å². The Bertz CT molecular complexity index is 452. The molecule has 1 aromatic rings. The van der Waals surface area contributed by atoms with Crippen molar-refractivity contribution in [2.75, 3.05) is 0 Å². The number of pyridine rings is 1. The van der Waals surface area contributed by atoms with Crippen molar-refractivity contribution in [3.05, 3.63) is 29.1 Å². The van der Waals surface area contributed by atoms with Gasteiger partial charge < -0.3 is 0 Å². The average molecular weight is 245 g/mol. The third-order valence-electron chi connectivity index (χ3n) is 4.42. The Hall–Kier alpha value is -1.18. The molecule has 0 aliphatic heterocycles. The summed E-state index contributed by atoms with van der Waals surface area (Å²) in [6.45, 7) is 8.56. The van der Waals surface area contributed by atoms with Crippen LogP contribution in [-0.2, 0) is 0 Å². The molecule has 1 saturated carbocycles. The van der Waals surface area contributed by atoms with E-state index >= 15 is 0 Å². The van der Waals surface area contributed by atoms with Gasteiger partial charge in [-0.3, -0.25) is 9.78 Å². The van der Waals surface area contributed by atoms with E-state index < -0.39 is 0 Å². The van der Waals surface area contributed by atoms with Gasteiger partial charge >= 0.3 is 0 Å². The maximum absolute atomic E-state index is 12.5. The summed E-state index contributed by atoms with van der Waals surface area (Å²) in [4.78, 5) is 16.9. The number of Topliss-reactive ketones (excluding diaryl/α,β-unsaturated/α-hetero) is 1. The maximum Gasteiger partial charge on any atom is 0.184 e. The first-order valence-corrected chi connectivity index (χ1v) is 6.96. The van der Waals surface area contributed by atoms with Gasteiger partial charge in [0, 0.05) is 12.1 Å². The molecule has 0 amide bonds. The molecule has 0 saturated heterocycles. The Labute approximate surface area is 110 Å². The van der Waals surface area contributed by atoms with E-state index in [0.717, 1.165) is 29.9 Å². The van der Waals surface area contributed by atoms with Crippen molar-refractivity contribution in [2.45, 2.75) is 47.0 Å². The molecule has 1 aromatic heterocycles. The average Bonchev–Trinajstić information content (AvgIpc) is 2.32. The molecule has 3 atom stereocenters. The molecule has 1 aliphatic rings. The fraction of sp³-hybridized carbons (Fsp3) is 0.625. The summed E-state index contributed by atoms with van der Waals surface area (Å²) in [6, 6.07) is 2.05. The number of nitrogens with zero attached hydrogens (tertiary/aromatic N) is 1. The zero-order chi connectivity index (χ0) is 13.3. The third kappa shape index (κ3) is 2.63. The lowest BCUT2D eigenvalue weighted by Crippen LogP contribution is -2.27. The van der Waals surface area contributed by atoms with Crippen molar-refractivity contribution in [1.82, 2.24) is 4.98 Å². The van der Waals surface area contributed by atoms with E-state index in [0.29, 0.717) is 11.6 Å². The lowest BCUT2D eigenvalue weighted by Gasteiger charge is -2.31. The zero-order valence-electron chi connectivity index (χ0n) is 11.9. The summed E-state index contributed by atoms with van der Waals surface area (Å²) >= 11 is 0. The number of ketones is 1. The predicted molar refractivity (Wildman–Crippen MR) is 73.7 cm³/mol. The standard InChI is InChI=1S/C16H23NO/c1-10-7-13(4)15(17-9-10)16(18)14-6-5-11(2)12(3)8-14/h7,9,11-12,14H,5-6,8H2,1-4H3. The highest BCUT2D eigenvalue weighted by Crippen LogP contribution is 2.35. The minimum absolute atomic E-state index is 0.185. The van der Waals surface area contributed by atoms with Crippen LogP contribution in [-0.4, -0.2) is 10.8 Å². The highest BCUT2D eigenvalue weighted by atomic mass is 16.1. The number of carbonyl (C=O) groups excluding carboxylic acids is 1. The van der Waals surface area contributed by atoms with Gasteiger partial charge in [0.2, 0.25) is 0 Å². The first-order chi connectivity index (χ1) is 8.49. The van der Waals surface area contributed by atoms with Crippen molar-refractivity contribution in [3.8, 4) is 0 Å². The summed E-state index contributed by atoms with van der Waals surface area (Å²) in [5.41, 5.74) is 2.83. The topological polar surface area (TPSA) is 30.0 Å². The summed E-state index contributed by atoms with van der Waals surface area (Å²) in [5.74, 6) is 1.84. The van der Waals surface area contributed by atoms with Crippen LogP contribution >= 0.6 is 0 Å². The SMILES string of the molecule is Cc1cnc(C(=O)C2CCC(C)C(C)C2)c(C)c1. The molecule has 2 heteroatoms. The molecule has 18 heavy (non-hydrogen) atoms. The Morgan fingerprint density at radius 3 is 2.56 bits per heavy atom. The number of carbonyl (C=O) groups is 1. The number of rotatable bonds is 2. The van der Waals surface area contributed by atoms with E-state index in [4.69, 9.17) is 0 Å². The lowest BCUT2D eigenvalue weighted by atomic mass is 9.73. The van der Waals surface area contributed by atoms with E-state index in [1.54, 1.807) is 6.20 Å². The smallest absolute Gasteiger partial charge is 0.184 e. The minimum Gasteiger partial charge on any atom is -0.292 e. The van der Waals surface area contributed by atoms with Crippen LogP contribution in [0.4, 0.5) is 0 Å². The Balaban J connectivity index is 2.16. The molecule has 2 nitrogen and oxygen atoms in total. The van der Waals surface area contributed by atoms with Gasteiger partial charge in [-0.05, 0) is 56.1 Å². The van der Waals surface area contributed by atoms with Gasteiger partial charge in [-0.2, -0.15) is 0 Å². The molecule has 98 valence electrons. The molecule has 2 rings (SSSR count). The van der Waals surface area contributed by atoms with Crippen LogP contribution in [0, 0.1) is 31.6 Å². The molecule has 3 unspecified atom stereocenters. The van der Waals surface area contributed by atoms with E-state index in [1.807, 2.05) is 13.8 Å². The Morgan fingerprint density at radius 1 is 1.22 bits per heavy atom. The Kier molecular flexibility index (Phi) is 3.84. The van der Waals surface area contributed by atoms with Crippen molar-refractivity contribution in [1.29, 1.82) is 0 Å². The molecular formula is C16H23NO.